The Kier molecular flexibility index (Phi) is 5.98. The van der Waals surface area contributed by atoms with Gasteiger partial charge in [-0.05, 0) is 50.5 Å². The van der Waals surface area contributed by atoms with Crippen molar-refractivity contribution in [3.63, 3.8) is 0 Å². The van der Waals surface area contributed by atoms with Crippen LogP contribution in [0.25, 0.3) is 0 Å². The maximum Gasteiger partial charge on any atom is 0.313 e. The fourth-order valence-electron chi connectivity index (χ4n) is 2.92. The van der Waals surface area contributed by atoms with E-state index in [9.17, 15) is 14.7 Å². The van der Waals surface area contributed by atoms with Crippen molar-refractivity contribution in [3.8, 4) is 0 Å². The van der Waals surface area contributed by atoms with Gasteiger partial charge in [-0.3, -0.25) is 9.59 Å². The van der Waals surface area contributed by atoms with Gasteiger partial charge in [0, 0.05) is 31.2 Å². The molecule has 2 rings (SSSR count). The van der Waals surface area contributed by atoms with Crippen LogP contribution in [0.1, 0.15) is 34.9 Å². The quantitative estimate of drug-likeness (QED) is 0.727. The summed E-state index contributed by atoms with van der Waals surface area (Å²) < 4.78 is 1.82. The number of amides is 2. The first-order valence-corrected chi connectivity index (χ1v) is 8.26. The number of aliphatic hydroxyl groups is 1. The number of hydrogen-bond donors (Lipinski definition) is 3. The highest BCUT2D eigenvalue weighted by Crippen LogP contribution is 2.21. The van der Waals surface area contributed by atoms with Crippen LogP contribution in [0.15, 0.2) is 30.5 Å². The Hall–Kier alpha value is -2.60. The molecular formula is C19H25N3O3. The van der Waals surface area contributed by atoms with Crippen molar-refractivity contribution in [2.75, 3.05) is 11.9 Å². The molecule has 3 N–H and O–H groups in total. The number of nitrogens with one attached hydrogen (secondary N) is 2. The number of benzene rings is 1. The first kappa shape index (κ1) is 18.7. The smallest absolute Gasteiger partial charge is 0.313 e. The Labute approximate surface area is 147 Å². The molecule has 2 amide bonds. The lowest BCUT2D eigenvalue weighted by Gasteiger charge is -2.14. The number of hydrogen-bond acceptors (Lipinski definition) is 3. The first-order valence-electron chi connectivity index (χ1n) is 8.26. The van der Waals surface area contributed by atoms with Crippen molar-refractivity contribution >= 4 is 17.5 Å². The Morgan fingerprint density at radius 2 is 1.80 bits per heavy atom. The van der Waals surface area contributed by atoms with Crippen molar-refractivity contribution in [1.29, 1.82) is 0 Å². The molecule has 0 aliphatic rings. The summed E-state index contributed by atoms with van der Waals surface area (Å²) >= 11 is 0. The van der Waals surface area contributed by atoms with Gasteiger partial charge < -0.3 is 20.3 Å². The van der Waals surface area contributed by atoms with E-state index in [-0.39, 0.29) is 6.54 Å². The fourth-order valence-corrected chi connectivity index (χ4v) is 2.92. The van der Waals surface area contributed by atoms with Crippen molar-refractivity contribution in [1.82, 2.24) is 9.88 Å². The molecule has 0 saturated heterocycles. The summed E-state index contributed by atoms with van der Waals surface area (Å²) in [6.45, 7) is 5.98. The standard InChI is InChI=1S/C19H25N3O3/c1-12-10-13(2)17(14(3)11-12)21-19(25)18(24)20-8-7-16(23)15-6-5-9-22(15)4/h5-6,9-11,16,23H,7-8H2,1-4H3,(H,20,24)(H,21,25). The third-order valence-corrected chi connectivity index (χ3v) is 4.15. The van der Waals surface area contributed by atoms with E-state index in [2.05, 4.69) is 10.6 Å². The molecular weight excluding hydrogens is 318 g/mol. The van der Waals surface area contributed by atoms with Gasteiger partial charge in [-0.15, -0.1) is 0 Å². The molecule has 6 heteroatoms. The van der Waals surface area contributed by atoms with Gasteiger partial charge in [-0.2, -0.15) is 0 Å². The van der Waals surface area contributed by atoms with Crippen molar-refractivity contribution in [2.45, 2.75) is 33.3 Å². The molecule has 0 saturated carbocycles. The summed E-state index contributed by atoms with van der Waals surface area (Å²) in [6.07, 6.45) is 1.49. The summed E-state index contributed by atoms with van der Waals surface area (Å²) in [5.74, 6) is -1.41. The highest BCUT2D eigenvalue weighted by Gasteiger charge is 2.17. The topological polar surface area (TPSA) is 83.4 Å². The average molecular weight is 343 g/mol. The number of rotatable bonds is 5. The Morgan fingerprint density at radius 1 is 1.16 bits per heavy atom. The fraction of sp³-hybridized carbons (Fsp3) is 0.368. The highest BCUT2D eigenvalue weighted by atomic mass is 16.3. The zero-order valence-corrected chi connectivity index (χ0v) is 15.1. The van der Waals surface area contributed by atoms with Crippen molar-refractivity contribution < 1.29 is 14.7 Å². The van der Waals surface area contributed by atoms with Gasteiger partial charge in [0.05, 0.1) is 6.10 Å². The maximum atomic E-state index is 12.1. The lowest BCUT2D eigenvalue weighted by Crippen LogP contribution is -2.36. The zero-order chi connectivity index (χ0) is 18.6. The van der Waals surface area contributed by atoms with Crippen LogP contribution in [0.5, 0.6) is 0 Å². The van der Waals surface area contributed by atoms with Crippen LogP contribution in [-0.4, -0.2) is 28.0 Å². The number of anilines is 1. The van der Waals surface area contributed by atoms with Crippen LogP contribution >= 0.6 is 0 Å². The minimum Gasteiger partial charge on any atom is -0.387 e. The van der Waals surface area contributed by atoms with E-state index in [0.29, 0.717) is 12.1 Å². The number of aromatic nitrogens is 1. The second kappa shape index (κ2) is 7.98. The van der Waals surface area contributed by atoms with Gasteiger partial charge in [0.1, 0.15) is 0 Å². The summed E-state index contributed by atoms with van der Waals surface area (Å²) in [7, 11) is 1.84. The third-order valence-electron chi connectivity index (χ3n) is 4.15. The van der Waals surface area contributed by atoms with E-state index < -0.39 is 17.9 Å². The predicted octanol–water partition coefficient (Wildman–Crippen LogP) is 2.13. The second-order valence-corrected chi connectivity index (χ2v) is 6.33. The van der Waals surface area contributed by atoms with Gasteiger partial charge in [0.15, 0.2) is 0 Å². The van der Waals surface area contributed by atoms with Crippen LogP contribution in [0.2, 0.25) is 0 Å². The molecule has 0 aliphatic heterocycles. The molecule has 0 bridgehead atoms. The van der Waals surface area contributed by atoms with Crippen LogP contribution in [-0.2, 0) is 16.6 Å². The molecule has 0 fully saturated rings. The summed E-state index contributed by atoms with van der Waals surface area (Å²) in [5, 5.41) is 15.3. The van der Waals surface area contributed by atoms with E-state index in [0.717, 1.165) is 22.4 Å². The number of carbonyl (C=O) groups is 2. The lowest BCUT2D eigenvalue weighted by molar-refractivity contribution is -0.136. The molecule has 1 heterocycles. The third kappa shape index (κ3) is 4.70. The van der Waals surface area contributed by atoms with E-state index in [1.165, 1.54) is 0 Å². The van der Waals surface area contributed by atoms with Crippen LogP contribution in [0.4, 0.5) is 5.69 Å². The van der Waals surface area contributed by atoms with Crippen LogP contribution in [0, 0.1) is 20.8 Å². The molecule has 2 aromatic rings. The zero-order valence-electron chi connectivity index (χ0n) is 15.1. The van der Waals surface area contributed by atoms with Gasteiger partial charge in [0.25, 0.3) is 0 Å². The van der Waals surface area contributed by atoms with Crippen molar-refractivity contribution in [2.24, 2.45) is 7.05 Å². The van der Waals surface area contributed by atoms with Gasteiger partial charge in [-0.25, -0.2) is 0 Å². The summed E-state index contributed by atoms with van der Waals surface area (Å²) in [4.78, 5) is 24.0. The van der Waals surface area contributed by atoms with E-state index in [4.69, 9.17) is 0 Å². The van der Waals surface area contributed by atoms with Gasteiger partial charge >= 0.3 is 11.8 Å². The number of carbonyl (C=O) groups excluding carboxylic acids is 2. The SMILES string of the molecule is Cc1cc(C)c(NC(=O)C(=O)NCCC(O)c2cccn2C)c(C)c1. The van der Waals surface area contributed by atoms with Crippen LogP contribution < -0.4 is 10.6 Å². The molecule has 1 atom stereocenters. The molecule has 1 aromatic carbocycles. The molecule has 6 nitrogen and oxygen atoms in total. The van der Waals surface area contributed by atoms with Crippen LogP contribution in [0.3, 0.4) is 0 Å². The lowest BCUT2D eigenvalue weighted by atomic mass is 10.1. The predicted molar refractivity (Wildman–Crippen MR) is 97.3 cm³/mol. The van der Waals surface area contributed by atoms with Crippen molar-refractivity contribution in [3.05, 3.63) is 52.8 Å². The number of aliphatic hydroxyl groups excluding tert-OH is 1. The van der Waals surface area contributed by atoms with E-state index >= 15 is 0 Å². The molecule has 134 valence electrons. The highest BCUT2D eigenvalue weighted by molar-refractivity contribution is 6.39. The summed E-state index contributed by atoms with van der Waals surface area (Å²) in [6, 6.07) is 7.58. The Bertz CT molecular complexity index is 757. The average Bonchev–Trinajstić information content (AvgIpc) is 2.96. The second-order valence-electron chi connectivity index (χ2n) is 6.33. The van der Waals surface area contributed by atoms with Gasteiger partial charge in [-0.1, -0.05) is 17.7 Å². The van der Waals surface area contributed by atoms with E-state index in [1.807, 2.05) is 62.8 Å². The summed E-state index contributed by atoms with van der Waals surface area (Å²) in [5.41, 5.74) is 4.36. The monoisotopic (exact) mass is 343 g/mol. The normalized spacial score (nSPS) is 11.9. The first-order chi connectivity index (χ1) is 11.8. The molecule has 0 aliphatic carbocycles. The molecule has 0 radical (unpaired) electrons. The number of nitrogens with zero attached hydrogens (tertiary/aromatic N) is 1. The minimum absolute atomic E-state index is 0.213. The van der Waals surface area contributed by atoms with E-state index in [1.54, 1.807) is 0 Å². The molecule has 1 unspecified atom stereocenters. The molecule has 1 aromatic heterocycles. The molecule has 25 heavy (non-hydrogen) atoms. The van der Waals surface area contributed by atoms with Gasteiger partial charge in [0.2, 0.25) is 0 Å². The minimum atomic E-state index is -0.710. The largest absolute Gasteiger partial charge is 0.387 e. The maximum absolute atomic E-state index is 12.1. The number of aryl methyl sites for hydroxylation is 4. The Morgan fingerprint density at radius 3 is 2.36 bits per heavy atom. The Balaban J connectivity index is 1.87. The molecule has 0 spiro atoms.